The van der Waals surface area contributed by atoms with Crippen molar-refractivity contribution in [3.63, 3.8) is 0 Å². The second kappa shape index (κ2) is 14.3. The largest absolute Gasteiger partial charge is 0.478 e. The Morgan fingerprint density at radius 2 is 1.60 bits per heavy atom. The molecule has 280 valence electrons. The maximum absolute atomic E-state index is 13.9. The highest BCUT2D eigenvalue weighted by molar-refractivity contribution is 6.00. The number of halogens is 2. The number of nitrogens with zero attached hydrogens (tertiary/aromatic N) is 1. The SMILES string of the molecule is CC(C)C1=C2[C@H]3CC[C@@H]4[C@@]5(C)CC=C(c6ccc(C(=O)O)cc6)C(C)(C)[C@@H]5CC[C@@]4(C)[C@]3(C)CC[C@@]2([C@@H](O)CNCCN(C)C)CC1=O.Cl.Cl. The van der Waals surface area contributed by atoms with E-state index in [9.17, 15) is 19.8 Å². The van der Waals surface area contributed by atoms with E-state index in [1.807, 2.05) is 12.1 Å². The summed E-state index contributed by atoms with van der Waals surface area (Å²) in [7, 11) is 4.14. The van der Waals surface area contributed by atoms with Gasteiger partial charge in [0.15, 0.2) is 5.78 Å². The summed E-state index contributed by atoms with van der Waals surface area (Å²) in [5, 5.41) is 25.0. The van der Waals surface area contributed by atoms with E-state index in [1.165, 1.54) is 24.0 Å². The third-order valence-corrected chi connectivity index (χ3v) is 15.2. The third kappa shape index (κ3) is 6.05. The quantitative estimate of drug-likeness (QED) is 0.220. The van der Waals surface area contributed by atoms with E-state index < -0.39 is 17.5 Å². The number of carbonyl (C=O) groups excluding carboxylic acids is 1. The van der Waals surface area contributed by atoms with Crippen LogP contribution >= 0.6 is 24.8 Å². The van der Waals surface area contributed by atoms with E-state index in [4.69, 9.17) is 0 Å². The van der Waals surface area contributed by atoms with Crippen LogP contribution < -0.4 is 5.32 Å². The molecule has 0 amide bonds. The number of fused-ring (bicyclic) bond motifs is 7. The maximum atomic E-state index is 13.9. The standard InChI is InChI=1S/C42H62N2O4.2ClH/c1-26(2)35-31(45)24-42(34(46)25-43-22-23-44(8)9)21-20-40(6)30(36(35)42)14-15-33-39(5)18-16-29(27-10-12-28(13-11-27)37(47)48)38(3,4)32(39)17-19-41(33,40)7;;/h10-13,16,26,30,32-34,43,46H,14-15,17-25H2,1-9H3,(H,47,48);2*1H/t30-,32+,33-,34+,39+,40-,41-,42+;;/m1../s1. The van der Waals surface area contributed by atoms with Gasteiger partial charge in [-0.1, -0.05) is 72.2 Å². The summed E-state index contributed by atoms with van der Waals surface area (Å²) in [5.74, 6) is 0.981. The van der Waals surface area contributed by atoms with Crippen LogP contribution in [0.3, 0.4) is 0 Å². The van der Waals surface area contributed by atoms with E-state index >= 15 is 0 Å². The van der Waals surface area contributed by atoms with E-state index in [0.29, 0.717) is 36.3 Å². The van der Waals surface area contributed by atoms with Crippen LogP contribution in [-0.2, 0) is 4.79 Å². The van der Waals surface area contributed by atoms with Crippen molar-refractivity contribution in [2.24, 2.45) is 50.7 Å². The molecule has 0 unspecified atom stereocenters. The molecule has 3 fully saturated rings. The fourth-order valence-electron chi connectivity index (χ4n) is 12.7. The molecule has 50 heavy (non-hydrogen) atoms. The zero-order valence-electron chi connectivity index (χ0n) is 32.0. The summed E-state index contributed by atoms with van der Waals surface area (Å²) >= 11 is 0. The molecule has 0 spiro atoms. The molecule has 8 atom stereocenters. The molecule has 5 aliphatic carbocycles. The normalized spacial score (nSPS) is 36.4. The summed E-state index contributed by atoms with van der Waals surface area (Å²) in [6.07, 6.45) is 9.98. The number of rotatable bonds is 9. The topological polar surface area (TPSA) is 89.9 Å². The Bertz CT molecular complexity index is 1520. The Labute approximate surface area is 314 Å². The molecular formula is C42H64Cl2N2O4. The van der Waals surface area contributed by atoms with Gasteiger partial charge in [-0.05, 0) is 133 Å². The Hall–Kier alpha value is -1.70. The molecule has 0 saturated heterocycles. The van der Waals surface area contributed by atoms with Gasteiger partial charge in [-0.2, -0.15) is 0 Å². The molecule has 0 bridgehead atoms. The first-order chi connectivity index (χ1) is 22.4. The first-order valence-electron chi connectivity index (χ1n) is 18.8. The van der Waals surface area contributed by atoms with Gasteiger partial charge < -0.3 is 20.4 Å². The Morgan fingerprint density at radius 1 is 0.940 bits per heavy atom. The smallest absolute Gasteiger partial charge is 0.335 e. The first-order valence-corrected chi connectivity index (χ1v) is 18.8. The molecule has 8 heteroatoms. The minimum atomic E-state index is -0.883. The van der Waals surface area contributed by atoms with E-state index in [1.54, 1.807) is 12.1 Å². The summed E-state index contributed by atoms with van der Waals surface area (Å²) in [5.41, 5.74) is 5.09. The highest BCUT2D eigenvalue weighted by atomic mass is 35.5. The first kappa shape index (κ1) is 41.1. The number of benzene rings is 1. The summed E-state index contributed by atoms with van der Waals surface area (Å²) < 4.78 is 0. The molecule has 1 aromatic carbocycles. The number of aliphatic hydroxyl groups excluding tert-OH is 1. The molecule has 0 aromatic heterocycles. The van der Waals surface area contributed by atoms with Crippen LogP contribution in [0.15, 0.2) is 41.5 Å². The Kier molecular flexibility index (Phi) is 11.7. The van der Waals surface area contributed by atoms with Gasteiger partial charge in [0.1, 0.15) is 0 Å². The maximum Gasteiger partial charge on any atom is 0.335 e. The predicted octanol–water partition coefficient (Wildman–Crippen LogP) is 8.71. The number of allylic oxidation sites excluding steroid dienone is 3. The average molecular weight is 732 g/mol. The highest BCUT2D eigenvalue weighted by Crippen LogP contribution is 2.77. The number of aromatic carboxylic acids is 1. The van der Waals surface area contributed by atoms with Gasteiger partial charge in [0.25, 0.3) is 0 Å². The third-order valence-electron chi connectivity index (χ3n) is 15.2. The Morgan fingerprint density at radius 3 is 2.20 bits per heavy atom. The lowest BCUT2D eigenvalue weighted by Gasteiger charge is -2.71. The minimum Gasteiger partial charge on any atom is -0.478 e. The molecule has 0 aliphatic heterocycles. The molecule has 0 heterocycles. The fraction of sp³-hybridized carbons (Fsp3) is 0.714. The van der Waals surface area contributed by atoms with Gasteiger partial charge in [0, 0.05) is 31.5 Å². The van der Waals surface area contributed by atoms with E-state index in [2.05, 4.69) is 78.9 Å². The second-order valence-electron chi connectivity index (χ2n) is 18.3. The van der Waals surface area contributed by atoms with E-state index in [-0.39, 0.29) is 58.2 Å². The predicted molar refractivity (Wildman–Crippen MR) is 208 cm³/mol. The van der Waals surface area contributed by atoms with Gasteiger partial charge in [-0.15, -0.1) is 24.8 Å². The van der Waals surface area contributed by atoms with Gasteiger partial charge in [0.2, 0.25) is 0 Å². The van der Waals surface area contributed by atoms with Gasteiger partial charge in [-0.3, -0.25) is 4.79 Å². The number of hydrogen-bond donors (Lipinski definition) is 3. The van der Waals surface area contributed by atoms with Crippen molar-refractivity contribution in [2.75, 3.05) is 33.7 Å². The number of Topliss-reactive ketones (excluding diaryl/α,β-unsaturated/α-hetero) is 1. The van der Waals surface area contributed by atoms with Crippen molar-refractivity contribution >= 4 is 42.1 Å². The second-order valence-corrected chi connectivity index (χ2v) is 18.3. The lowest BCUT2D eigenvalue weighted by atomic mass is 9.33. The summed E-state index contributed by atoms with van der Waals surface area (Å²) in [6.45, 7) is 19.3. The van der Waals surface area contributed by atoms with Crippen LogP contribution in [0.2, 0.25) is 0 Å². The number of hydrogen-bond acceptors (Lipinski definition) is 5. The molecule has 6 rings (SSSR count). The molecular weight excluding hydrogens is 667 g/mol. The van der Waals surface area contributed by atoms with Crippen LogP contribution in [0.4, 0.5) is 0 Å². The van der Waals surface area contributed by atoms with Crippen molar-refractivity contribution in [1.29, 1.82) is 0 Å². The molecule has 3 saturated carbocycles. The summed E-state index contributed by atoms with van der Waals surface area (Å²) in [4.78, 5) is 27.6. The van der Waals surface area contributed by atoms with Crippen LogP contribution in [0.1, 0.15) is 116 Å². The monoisotopic (exact) mass is 730 g/mol. The number of likely N-dealkylation sites (N-methyl/N-ethyl adjacent to an activating group) is 1. The molecule has 1 aromatic rings. The number of nitrogens with one attached hydrogen (secondary N) is 1. The molecule has 0 radical (unpaired) electrons. The van der Waals surface area contributed by atoms with Gasteiger partial charge in [0.05, 0.1) is 11.7 Å². The minimum absolute atomic E-state index is 0. The van der Waals surface area contributed by atoms with Gasteiger partial charge >= 0.3 is 5.97 Å². The number of carboxylic acids is 1. The van der Waals surface area contributed by atoms with Crippen LogP contribution in [0, 0.1) is 50.7 Å². The number of carbonyl (C=O) groups is 2. The number of aliphatic hydroxyl groups is 1. The van der Waals surface area contributed by atoms with Crippen molar-refractivity contribution in [2.45, 2.75) is 106 Å². The fourth-order valence-corrected chi connectivity index (χ4v) is 12.7. The highest BCUT2D eigenvalue weighted by Gasteiger charge is 2.70. The van der Waals surface area contributed by atoms with Crippen LogP contribution in [0.5, 0.6) is 0 Å². The van der Waals surface area contributed by atoms with Crippen molar-refractivity contribution in [1.82, 2.24) is 10.2 Å². The lowest BCUT2D eigenvalue weighted by molar-refractivity contribution is -0.200. The Balaban J connectivity index is 0.00000281. The average Bonchev–Trinajstić information content (AvgIpc) is 3.32. The molecule has 3 N–H and O–H groups in total. The van der Waals surface area contributed by atoms with Crippen molar-refractivity contribution < 1.29 is 19.8 Å². The van der Waals surface area contributed by atoms with Gasteiger partial charge in [-0.25, -0.2) is 4.79 Å². The number of carboxylic acid groups (broad SMARTS) is 1. The zero-order valence-corrected chi connectivity index (χ0v) is 33.7. The van der Waals surface area contributed by atoms with Crippen LogP contribution in [-0.4, -0.2) is 66.7 Å². The zero-order chi connectivity index (χ0) is 35.0. The number of ketones is 1. The lowest BCUT2D eigenvalue weighted by Crippen LogP contribution is -2.64. The molecule has 5 aliphatic rings. The molecule has 6 nitrogen and oxygen atoms in total. The van der Waals surface area contributed by atoms with Crippen molar-refractivity contribution in [3.05, 3.63) is 52.6 Å². The van der Waals surface area contributed by atoms with Crippen LogP contribution in [0.25, 0.3) is 5.57 Å². The summed E-state index contributed by atoms with van der Waals surface area (Å²) in [6, 6.07) is 7.50. The van der Waals surface area contributed by atoms with E-state index in [0.717, 1.165) is 56.3 Å². The van der Waals surface area contributed by atoms with Crippen molar-refractivity contribution in [3.8, 4) is 0 Å².